The van der Waals surface area contributed by atoms with Crippen LogP contribution in [0.2, 0.25) is 5.02 Å². The molecule has 2 rings (SSSR count). The average Bonchev–Trinajstić information content (AvgIpc) is 2.74. The molecule has 2 atom stereocenters. The summed E-state index contributed by atoms with van der Waals surface area (Å²) in [5.74, 6) is -0.310. The van der Waals surface area contributed by atoms with Crippen LogP contribution in [0.3, 0.4) is 0 Å². The Kier molecular flexibility index (Phi) is 4.84. The van der Waals surface area contributed by atoms with Crippen molar-refractivity contribution in [2.75, 3.05) is 13.7 Å². The summed E-state index contributed by atoms with van der Waals surface area (Å²) in [5, 5.41) is 10.4. The number of benzene rings is 1. The zero-order valence-corrected chi connectivity index (χ0v) is 12.8. The minimum atomic E-state index is -0.498. The number of esters is 1. The Morgan fingerprint density at radius 1 is 1.63 bits per heavy atom. The number of aliphatic hydroxyl groups is 1. The number of likely N-dealkylation sites (tertiary alicyclic amines) is 1. The largest absolute Gasteiger partial charge is 0.468 e. The third-order valence-corrected chi connectivity index (χ3v) is 4.24. The van der Waals surface area contributed by atoms with Gasteiger partial charge in [0.2, 0.25) is 0 Å². The summed E-state index contributed by atoms with van der Waals surface area (Å²) in [7, 11) is 1.36. The lowest BCUT2D eigenvalue weighted by molar-refractivity contribution is -0.146. The molecule has 1 aliphatic heterocycles. The molecule has 1 N–H and O–H groups in total. The number of rotatable bonds is 3. The van der Waals surface area contributed by atoms with Crippen molar-refractivity contribution in [3.8, 4) is 0 Å². The monoisotopic (exact) mass is 347 g/mol. The molecule has 104 valence electrons. The number of nitrogens with zero attached hydrogens (tertiary/aromatic N) is 1. The predicted octanol–water partition coefficient (Wildman–Crippen LogP) is 2.21. The highest BCUT2D eigenvalue weighted by atomic mass is 79.9. The maximum Gasteiger partial charge on any atom is 0.323 e. The molecule has 0 bridgehead atoms. The molecule has 0 unspecified atom stereocenters. The van der Waals surface area contributed by atoms with Crippen molar-refractivity contribution in [1.82, 2.24) is 4.90 Å². The predicted molar refractivity (Wildman–Crippen MR) is 76.0 cm³/mol. The number of aliphatic hydroxyl groups excluding tert-OH is 1. The molecule has 6 heteroatoms. The van der Waals surface area contributed by atoms with Crippen LogP contribution < -0.4 is 0 Å². The van der Waals surface area contributed by atoms with Crippen LogP contribution >= 0.6 is 27.5 Å². The number of β-amino-alcohol motifs (C(OH)–C–C–N with tert-alkyl or cyclic N) is 1. The van der Waals surface area contributed by atoms with Crippen molar-refractivity contribution in [1.29, 1.82) is 0 Å². The van der Waals surface area contributed by atoms with Crippen molar-refractivity contribution in [2.24, 2.45) is 0 Å². The van der Waals surface area contributed by atoms with Gasteiger partial charge in [0.25, 0.3) is 0 Å². The second-order valence-corrected chi connectivity index (χ2v) is 5.88. The normalized spacial score (nSPS) is 23.6. The lowest BCUT2D eigenvalue weighted by Gasteiger charge is -2.22. The Hall–Kier alpha value is -0.620. The Morgan fingerprint density at radius 3 is 3.05 bits per heavy atom. The molecule has 1 aromatic carbocycles. The first-order chi connectivity index (χ1) is 9.01. The first-order valence-electron chi connectivity index (χ1n) is 5.95. The number of carbonyl (C=O) groups excluding carboxylic acids is 1. The van der Waals surface area contributed by atoms with E-state index >= 15 is 0 Å². The van der Waals surface area contributed by atoms with Gasteiger partial charge in [0.15, 0.2) is 0 Å². The standard InChI is InChI=1S/C13H15BrClNO3/c1-19-13(18)12-5-10(17)7-16(12)6-8-4-9(15)2-3-11(8)14/h2-4,10,12,17H,5-7H2,1H3/t10-,12-/m1/s1. The van der Waals surface area contributed by atoms with Crippen LogP contribution in [0.15, 0.2) is 22.7 Å². The fourth-order valence-electron chi connectivity index (χ4n) is 2.32. The lowest BCUT2D eigenvalue weighted by atomic mass is 10.2. The topological polar surface area (TPSA) is 49.8 Å². The molecule has 0 aromatic heterocycles. The Balaban J connectivity index is 2.16. The molecule has 1 heterocycles. The molecule has 1 saturated heterocycles. The highest BCUT2D eigenvalue weighted by Crippen LogP contribution is 2.27. The van der Waals surface area contributed by atoms with Gasteiger partial charge in [-0.2, -0.15) is 0 Å². The molecule has 1 aliphatic rings. The maximum atomic E-state index is 11.7. The summed E-state index contributed by atoms with van der Waals surface area (Å²) in [6, 6.07) is 5.12. The van der Waals surface area contributed by atoms with E-state index in [0.29, 0.717) is 24.5 Å². The quantitative estimate of drug-likeness (QED) is 0.851. The van der Waals surface area contributed by atoms with Gasteiger partial charge in [-0.3, -0.25) is 9.69 Å². The van der Waals surface area contributed by atoms with E-state index < -0.39 is 12.1 Å². The highest BCUT2D eigenvalue weighted by Gasteiger charge is 2.36. The summed E-state index contributed by atoms with van der Waals surface area (Å²) in [6.45, 7) is 0.997. The van der Waals surface area contributed by atoms with Gasteiger partial charge in [-0.25, -0.2) is 0 Å². The van der Waals surface area contributed by atoms with E-state index in [1.165, 1.54) is 7.11 Å². The summed E-state index contributed by atoms with van der Waals surface area (Å²) in [5.41, 5.74) is 0.982. The zero-order valence-electron chi connectivity index (χ0n) is 10.5. The van der Waals surface area contributed by atoms with Crippen LogP contribution in [0.1, 0.15) is 12.0 Å². The number of methoxy groups -OCH3 is 1. The van der Waals surface area contributed by atoms with Gasteiger partial charge < -0.3 is 9.84 Å². The van der Waals surface area contributed by atoms with Gasteiger partial charge in [0.1, 0.15) is 6.04 Å². The third-order valence-electron chi connectivity index (χ3n) is 3.24. The molecule has 1 aromatic rings. The number of hydrogen-bond donors (Lipinski definition) is 1. The lowest BCUT2D eigenvalue weighted by Crippen LogP contribution is -2.36. The highest BCUT2D eigenvalue weighted by molar-refractivity contribution is 9.10. The molecular weight excluding hydrogens is 334 g/mol. The van der Waals surface area contributed by atoms with E-state index in [0.717, 1.165) is 10.0 Å². The molecule has 0 radical (unpaired) electrons. The number of halogens is 2. The summed E-state index contributed by atoms with van der Waals surface area (Å²) in [6.07, 6.45) is -0.0905. The van der Waals surface area contributed by atoms with Crippen molar-refractivity contribution in [3.63, 3.8) is 0 Å². The van der Waals surface area contributed by atoms with E-state index in [-0.39, 0.29) is 5.97 Å². The van der Waals surface area contributed by atoms with E-state index in [1.807, 2.05) is 17.0 Å². The van der Waals surface area contributed by atoms with Gasteiger partial charge in [0.05, 0.1) is 13.2 Å². The minimum Gasteiger partial charge on any atom is -0.468 e. The number of ether oxygens (including phenoxy) is 1. The molecular formula is C13H15BrClNO3. The Bertz CT molecular complexity index is 483. The summed E-state index contributed by atoms with van der Waals surface area (Å²) < 4.78 is 5.71. The van der Waals surface area contributed by atoms with Crippen LogP contribution in [0.25, 0.3) is 0 Å². The molecule has 19 heavy (non-hydrogen) atoms. The van der Waals surface area contributed by atoms with Crippen LogP contribution in [-0.4, -0.2) is 41.8 Å². The first-order valence-corrected chi connectivity index (χ1v) is 7.12. The van der Waals surface area contributed by atoms with Crippen molar-refractivity contribution >= 4 is 33.5 Å². The second-order valence-electron chi connectivity index (χ2n) is 4.59. The summed E-state index contributed by atoms with van der Waals surface area (Å²) in [4.78, 5) is 13.6. The molecule has 0 aliphatic carbocycles. The van der Waals surface area contributed by atoms with Gasteiger partial charge in [0, 0.05) is 29.0 Å². The molecule has 0 amide bonds. The van der Waals surface area contributed by atoms with Crippen LogP contribution in [0.4, 0.5) is 0 Å². The molecule has 1 fully saturated rings. The molecule has 4 nitrogen and oxygen atoms in total. The van der Waals surface area contributed by atoms with Crippen molar-refractivity contribution < 1.29 is 14.6 Å². The Labute approximate surface area is 125 Å². The van der Waals surface area contributed by atoms with E-state index in [1.54, 1.807) is 6.07 Å². The van der Waals surface area contributed by atoms with Gasteiger partial charge in [-0.15, -0.1) is 0 Å². The fraction of sp³-hybridized carbons (Fsp3) is 0.462. The number of carbonyl (C=O) groups is 1. The van der Waals surface area contributed by atoms with E-state index in [9.17, 15) is 9.90 Å². The van der Waals surface area contributed by atoms with Crippen LogP contribution in [0.5, 0.6) is 0 Å². The minimum absolute atomic E-state index is 0.310. The van der Waals surface area contributed by atoms with Crippen LogP contribution in [0, 0.1) is 0 Å². The van der Waals surface area contributed by atoms with Gasteiger partial charge in [-0.1, -0.05) is 27.5 Å². The first kappa shape index (κ1) is 14.8. The smallest absolute Gasteiger partial charge is 0.323 e. The van der Waals surface area contributed by atoms with E-state index in [4.69, 9.17) is 16.3 Å². The van der Waals surface area contributed by atoms with Crippen molar-refractivity contribution in [2.45, 2.75) is 25.1 Å². The zero-order chi connectivity index (χ0) is 14.0. The third kappa shape index (κ3) is 3.48. The van der Waals surface area contributed by atoms with Crippen molar-refractivity contribution in [3.05, 3.63) is 33.3 Å². The SMILES string of the molecule is COC(=O)[C@H]1C[C@@H](O)CN1Cc1cc(Cl)ccc1Br. The Morgan fingerprint density at radius 2 is 2.37 bits per heavy atom. The van der Waals surface area contributed by atoms with Crippen LogP contribution in [-0.2, 0) is 16.1 Å². The van der Waals surface area contributed by atoms with Gasteiger partial charge >= 0.3 is 5.97 Å². The molecule has 0 spiro atoms. The molecule has 0 saturated carbocycles. The number of hydrogen-bond acceptors (Lipinski definition) is 4. The maximum absolute atomic E-state index is 11.7. The second kappa shape index (κ2) is 6.22. The van der Waals surface area contributed by atoms with Gasteiger partial charge in [-0.05, 0) is 23.8 Å². The average molecular weight is 349 g/mol. The summed E-state index contributed by atoms with van der Waals surface area (Å²) >= 11 is 9.44. The fourth-order valence-corrected chi connectivity index (χ4v) is 2.89. The van der Waals surface area contributed by atoms with E-state index in [2.05, 4.69) is 15.9 Å².